The van der Waals surface area contributed by atoms with E-state index < -0.39 is 5.91 Å². The van der Waals surface area contributed by atoms with Crippen LogP contribution in [0.2, 0.25) is 5.02 Å². The lowest BCUT2D eigenvalue weighted by atomic mass is 9.70. The Hall–Kier alpha value is -2.37. The normalized spacial score (nSPS) is 21.4. The number of hydrogen-bond acceptors (Lipinski definition) is 3. The Balaban J connectivity index is 1.52. The third-order valence-corrected chi connectivity index (χ3v) is 6.07. The minimum atomic E-state index is -0.511. The first-order valence-corrected chi connectivity index (χ1v) is 9.49. The number of aryl methyl sites for hydroxylation is 1. The molecule has 1 atom stereocenters. The molecule has 1 aliphatic heterocycles. The highest BCUT2D eigenvalue weighted by atomic mass is 35.5. The van der Waals surface area contributed by atoms with Gasteiger partial charge >= 0.3 is 0 Å². The third-order valence-electron chi connectivity index (χ3n) is 5.84. The van der Waals surface area contributed by atoms with Crippen LogP contribution < -0.4 is 5.48 Å². The largest absolute Gasteiger partial charge is 0.338 e. The number of benzene rings is 2. The minimum absolute atomic E-state index is 0.213. The van der Waals surface area contributed by atoms with Crippen LogP contribution in [0, 0.1) is 5.41 Å². The van der Waals surface area contributed by atoms with Gasteiger partial charge < -0.3 is 4.90 Å². The SMILES string of the molecule is O=C(NO)c1ccc2c(c1)CC[C@@]1(CCN(Cc3cccc(Cl)c3)C1=O)C2. The average Bonchev–Trinajstić information content (AvgIpc) is 2.96. The first-order valence-electron chi connectivity index (χ1n) is 9.11. The molecular formula is C21H21ClN2O3. The van der Waals surface area contributed by atoms with Gasteiger partial charge in [0.05, 0.1) is 5.41 Å². The quantitative estimate of drug-likeness (QED) is 0.629. The van der Waals surface area contributed by atoms with Gasteiger partial charge in [-0.25, -0.2) is 5.48 Å². The van der Waals surface area contributed by atoms with Crippen molar-refractivity contribution in [1.82, 2.24) is 10.4 Å². The summed E-state index contributed by atoms with van der Waals surface area (Å²) in [6.07, 6.45) is 3.10. The molecule has 5 nitrogen and oxygen atoms in total. The molecule has 2 aliphatic rings. The number of fused-ring (bicyclic) bond motifs is 1. The van der Waals surface area contributed by atoms with Crippen molar-refractivity contribution in [3.05, 3.63) is 69.7 Å². The van der Waals surface area contributed by atoms with Crippen LogP contribution in [0.4, 0.5) is 0 Å². The van der Waals surface area contributed by atoms with E-state index in [1.807, 2.05) is 41.3 Å². The number of carbonyl (C=O) groups is 2. The van der Waals surface area contributed by atoms with Crippen LogP contribution in [-0.2, 0) is 24.2 Å². The van der Waals surface area contributed by atoms with Crippen LogP contribution in [0.25, 0.3) is 0 Å². The Morgan fingerprint density at radius 3 is 2.81 bits per heavy atom. The third kappa shape index (κ3) is 3.33. The number of likely N-dealkylation sites (tertiary alicyclic amines) is 1. The van der Waals surface area contributed by atoms with E-state index in [9.17, 15) is 9.59 Å². The Morgan fingerprint density at radius 2 is 2.04 bits per heavy atom. The fraction of sp³-hybridized carbons (Fsp3) is 0.333. The molecule has 140 valence electrons. The molecule has 2 N–H and O–H groups in total. The van der Waals surface area contributed by atoms with Crippen molar-refractivity contribution in [2.45, 2.75) is 32.2 Å². The summed E-state index contributed by atoms with van der Waals surface area (Å²) in [4.78, 5) is 26.7. The van der Waals surface area contributed by atoms with Crippen LogP contribution in [0.1, 0.15) is 39.9 Å². The minimum Gasteiger partial charge on any atom is -0.338 e. The van der Waals surface area contributed by atoms with Gasteiger partial charge in [-0.05, 0) is 66.6 Å². The second kappa shape index (κ2) is 6.98. The van der Waals surface area contributed by atoms with Gasteiger partial charge in [0.25, 0.3) is 5.91 Å². The van der Waals surface area contributed by atoms with Crippen molar-refractivity contribution in [2.75, 3.05) is 6.54 Å². The van der Waals surface area contributed by atoms with Crippen LogP contribution in [0.5, 0.6) is 0 Å². The van der Waals surface area contributed by atoms with Gasteiger partial charge in [-0.2, -0.15) is 0 Å². The number of hydrogen-bond donors (Lipinski definition) is 2. The molecule has 1 aliphatic carbocycles. The Kier molecular flexibility index (Phi) is 4.66. The van der Waals surface area contributed by atoms with Gasteiger partial charge in [-0.15, -0.1) is 0 Å². The monoisotopic (exact) mass is 384 g/mol. The van der Waals surface area contributed by atoms with E-state index in [4.69, 9.17) is 16.8 Å². The average molecular weight is 385 g/mol. The molecule has 0 saturated carbocycles. The molecule has 0 bridgehead atoms. The maximum Gasteiger partial charge on any atom is 0.274 e. The zero-order valence-electron chi connectivity index (χ0n) is 14.9. The number of nitrogens with zero attached hydrogens (tertiary/aromatic N) is 1. The van der Waals surface area contributed by atoms with Gasteiger partial charge in [-0.3, -0.25) is 14.8 Å². The Morgan fingerprint density at radius 1 is 1.19 bits per heavy atom. The first kappa shape index (κ1) is 18.0. The van der Waals surface area contributed by atoms with Crippen LogP contribution >= 0.6 is 11.6 Å². The number of rotatable bonds is 3. The second-order valence-electron chi connectivity index (χ2n) is 7.49. The summed E-state index contributed by atoms with van der Waals surface area (Å²) in [5.41, 5.74) is 5.01. The summed E-state index contributed by atoms with van der Waals surface area (Å²) in [6.45, 7) is 1.34. The van der Waals surface area contributed by atoms with E-state index >= 15 is 0 Å². The summed E-state index contributed by atoms with van der Waals surface area (Å²) in [5, 5.41) is 9.49. The molecule has 4 rings (SSSR count). The molecule has 2 amide bonds. The highest BCUT2D eigenvalue weighted by Gasteiger charge is 2.47. The van der Waals surface area contributed by atoms with Gasteiger partial charge in [-0.1, -0.05) is 29.8 Å². The molecule has 1 spiro atoms. The van der Waals surface area contributed by atoms with Gasteiger partial charge in [0.15, 0.2) is 0 Å². The van der Waals surface area contributed by atoms with Crippen molar-refractivity contribution in [3.8, 4) is 0 Å². The van der Waals surface area contributed by atoms with Crippen molar-refractivity contribution in [3.63, 3.8) is 0 Å². The van der Waals surface area contributed by atoms with Crippen LogP contribution in [0.3, 0.4) is 0 Å². The molecule has 27 heavy (non-hydrogen) atoms. The topological polar surface area (TPSA) is 69.6 Å². The second-order valence-corrected chi connectivity index (χ2v) is 7.92. The molecule has 1 saturated heterocycles. The predicted molar refractivity (Wildman–Crippen MR) is 102 cm³/mol. The van der Waals surface area contributed by atoms with E-state index in [0.717, 1.165) is 42.5 Å². The highest BCUT2D eigenvalue weighted by Crippen LogP contribution is 2.44. The summed E-state index contributed by atoms with van der Waals surface area (Å²) >= 11 is 6.06. The highest BCUT2D eigenvalue weighted by molar-refractivity contribution is 6.30. The molecule has 0 unspecified atom stereocenters. The smallest absolute Gasteiger partial charge is 0.274 e. The van der Waals surface area contributed by atoms with E-state index in [-0.39, 0.29) is 11.3 Å². The van der Waals surface area contributed by atoms with Gasteiger partial charge in [0.2, 0.25) is 5.91 Å². The number of carbonyl (C=O) groups excluding carboxylic acids is 2. The molecule has 1 heterocycles. The molecule has 0 radical (unpaired) electrons. The van der Waals surface area contributed by atoms with Crippen molar-refractivity contribution in [1.29, 1.82) is 0 Å². The lowest BCUT2D eigenvalue weighted by Gasteiger charge is -2.33. The molecule has 2 aromatic carbocycles. The van der Waals surface area contributed by atoms with Gasteiger partial charge in [0, 0.05) is 23.7 Å². The number of hydroxylamine groups is 1. The van der Waals surface area contributed by atoms with Crippen LogP contribution in [0.15, 0.2) is 42.5 Å². The van der Waals surface area contributed by atoms with Crippen molar-refractivity contribution >= 4 is 23.4 Å². The molecule has 2 aromatic rings. The van der Waals surface area contributed by atoms with E-state index in [2.05, 4.69) is 0 Å². The number of amides is 2. The molecule has 0 aromatic heterocycles. The van der Waals surface area contributed by atoms with Gasteiger partial charge in [0.1, 0.15) is 0 Å². The number of halogens is 1. The summed E-state index contributed by atoms with van der Waals surface area (Å²) in [6, 6.07) is 13.1. The first-order chi connectivity index (χ1) is 13.0. The zero-order valence-corrected chi connectivity index (χ0v) is 15.6. The Bertz CT molecular complexity index is 914. The lowest BCUT2D eigenvalue weighted by Crippen LogP contribution is -2.38. The molecule has 6 heteroatoms. The van der Waals surface area contributed by atoms with Crippen molar-refractivity contribution < 1.29 is 14.8 Å². The fourth-order valence-electron chi connectivity index (χ4n) is 4.36. The summed E-state index contributed by atoms with van der Waals surface area (Å²) in [5.74, 6) is -0.298. The summed E-state index contributed by atoms with van der Waals surface area (Å²) in [7, 11) is 0. The predicted octanol–water partition coefficient (Wildman–Crippen LogP) is 3.37. The van der Waals surface area contributed by atoms with E-state index in [0.29, 0.717) is 23.6 Å². The fourth-order valence-corrected chi connectivity index (χ4v) is 4.57. The lowest BCUT2D eigenvalue weighted by molar-refractivity contribution is -0.137. The molecule has 1 fully saturated rings. The molecular weight excluding hydrogens is 364 g/mol. The summed E-state index contributed by atoms with van der Waals surface area (Å²) < 4.78 is 0. The maximum absolute atomic E-state index is 13.2. The van der Waals surface area contributed by atoms with Crippen molar-refractivity contribution in [2.24, 2.45) is 5.41 Å². The van der Waals surface area contributed by atoms with E-state index in [1.165, 1.54) is 0 Å². The maximum atomic E-state index is 13.2. The standard InChI is InChI=1S/C21H21ClN2O3/c22-18-3-1-2-14(10-18)13-24-9-8-21(20(24)26)7-6-15-11-16(19(25)23-27)4-5-17(15)12-21/h1-5,10-11,27H,6-9,12-13H2,(H,23,25)/t21-/m1/s1. The Labute approximate surface area is 162 Å². The number of nitrogens with one attached hydrogen (secondary N) is 1. The zero-order chi connectivity index (χ0) is 19.0. The van der Waals surface area contributed by atoms with E-state index in [1.54, 1.807) is 11.5 Å². The van der Waals surface area contributed by atoms with Crippen LogP contribution in [-0.4, -0.2) is 28.5 Å².